The van der Waals surface area contributed by atoms with Gasteiger partial charge in [0.15, 0.2) is 5.13 Å². The summed E-state index contributed by atoms with van der Waals surface area (Å²) in [5.74, 6) is -0.0108. The van der Waals surface area contributed by atoms with Gasteiger partial charge < -0.3 is 10.2 Å². The summed E-state index contributed by atoms with van der Waals surface area (Å²) in [6.45, 7) is 5.07. The van der Waals surface area contributed by atoms with Gasteiger partial charge in [-0.3, -0.25) is 4.79 Å². The summed E-state index contributed by atoms with van der Waals surface area (Å²) >= 11 is 1.58. The molecule has 0 aliphatic heterocycles. The van der Waals surface area contributed by atoms with Crippen LogP contribution in [0.15, 0.2) is 6.08 Å². The summed E-state index contributed by atoms with van der Waals surface area (Å²) < 4.78 is 0. The molecule has 0 aromatic carbocycles. The zero-order chi connectivity index (χ0) is 13.5. The number of anilines is 1. The Hall–Kier alpha value is -1.36. The molecule has 0 spiro atoms. The summed E-state index contributed by atoms with van der Waals surface area (Å²) in [5.41, 5.74) is 0.960. The molecular formula is C13H21N3OS. The number of thiazole rings is 1. The largest absolute Gasteiger partial charge is 0.361 e. The van der Waals surface area contributed by atoms with Gasteiger partial charge in [0.2, 0.25) is 5.91 Å². The minimum Gasteiger partial charge on any atom is -0.361 e. The average Bonchev–Trinajstić information content (AvgIpc) is 2.67. The van der Waals surface area contributed by atoms with Crippen LogP contribution in [0.1, 0.15) is 30.3 Å². The molecule has 5 heteroatoms. The highest BCUT2D eigenvalue weighted by Crippen LogP contribution is 2.23. The first-order valence-electron chi connectivity index (χ1n) is 6.15. The third-order valence-corrected chi connectivity index (χ3v) is 3.54. The van der Waals surface area contributed by atoms with Gasteiger partial charge in [-0.25, -0.2) is 4.98 Å². The fraction of sp³-hybridized carbons (Fsp3) is 0.538. The topological polar surface area (TPSA) is 45.2 Å². The van der Waals surface area contributed by atoms with E-state index in [1.54, 1.807) is 36.4 Å². The maximum Gasteiger partial charge on any atom is 0.246 e. The number of likely N-dealkylation sites (N-methyl/N-ethyl adjacent to an activating group) is 1. The zero-order valence-corrected chi connectivity index (χ0v) is 12.3. The molecule has 1 N–H and O–H groups in total. The fourth-order valence-electron chi connectivity index (χ4n) is 1.31. The number of hydrogen-bond acceptors (Lipinski definition) is 4. The molecule has 100 valence electrons. The minimum atomic E-state index is -0.0108. The molecule has 0 atom stereocenters. The van der Waals surface area contributed by atoms with Gasteiger partial charge in [0.1, 0.15) is 0 Å². The van der Waals surface area contributed by atoms with E-state index in [-0.39, 0.29) is 5.91 Å². The van der Waals surface area contributed by atoms with E-state index in [2.05, 4.69) is 17.2 Å². The Labute approximate surface area is 113 Å². The molecule has 0 radical (unpaired) electrons. The number of carbonyl (C=O) groups excluding carboxylic acids is 1. The van der Waals surface area contributed by atoms with E-state index >= 15 is 0 Å². The molecule has 1 heterocycles. The van der Waals surface area contributed by atoms with Crippen LogP contribution in [0.2, 0.25) is 0 Å². The second-order valence-electron chi connectivity index (χ2n) is 4.32. The molecular weight excluding hydrogens is 246 g/mol. The predicted octanol–water partition coefficient (Wildman–Crippen LogP) is 2.76. The van der Waals surface area contributed by atoms with Gasteiger partial charge in [0, 0.05) is 26.7 Å². The molecule has 0 aliphatic carbocycles. The van der Waals surface area contributed by atoms with Gasteiger partial charge in [-0.15, -0.1) is 0 Å². The van der Waals surface area contributed by atoms with Crippen molar-refractivity contribution in [1.29, 1.82) is 0 Å². The number of nitrogens with one attached hydrogen (secondary N) is 1. The number of amides is 1. The Kier molecular flexibility index (Phi) is 5.85. The van der Waals surface area contributed by atoms with Gasteiger partial charge in [-0.1, -0.05) is 24.7 Å². The summed E-state index contributed by atoms with van der Waals surface area (Å²) in [6.07, 6.45) is 5.72. The Morgan fingerprint density at radius 3 is 2.83 bits per heavy atom. The molecule has 0 fully saturated rings. The first kappa shape index (κ1) is 14.7. The molecule has 1 amide bonds. The quantitative estimate of drug-likeness (QED) is 0.637. The Morgan fingerprint density at radius 2 is 2.22 bits per heavy atom. The molecule has 0 aliphatic rings. The van der Waals surface area contributed by atoms with Crippen LogP contribution in [0.4, 0.5) is 5.13 Å². The van der Waals surface area contributed by atoms with Crippen molar-refractivity contribution >= 4 is 28.5 Å². The minimum absolute atomic E-state index is 0.0108. The standard InChI is InChI=1S/C13H21N3OS/c1-5-6-9-14-13-15-10(2)11(18-13)7-8-12(17)16(3)4/h7-8H,5-6,9H2,1-4H3,(H,14,15). The van der Waals surface area contributed by atoms with Crippen LogP contribution in [0, 0.1) is 6.92 Å². The summed E-state index contributed by atoms with van der Waals surface area (Å²) in [7, 11) is 3.48. The van der Waals surface area contributed by atoms with Crippen LogP contribution in [-0.4, -0.2) is 36.4 Å². The van der Waals surface area contributed by atoms with E-state index < -0.39 is 0 Å². The van der Waals surface area contributed by atoms with E-state index in [4.69, 9.17) is 0 Å². The van der Waals surface area contributed by atoms with Crippen molar-refractivity contribution < 1.29 is 4.79 Å². The lowest BCUT2D eigenvalue weighted by Crippen LogP contribution is -2.18. The molecule has 1 rings (SSSR count). The second kappa shape index (κ2) is 7.16. The number of hydrogen-bond donors (Lipinski definition) is 1. The Bertz CT molecular complexity index is 424. The molecule has 0 saturated carbocycles. The van der Waals surface area contributed by atoms with E-state index in [0.29, 0.717) is 0 Å². The van der Waals surface area contributed by atoms with Crippen molar-refractivity contribution in [3.63, 3.8) is 0 Å². The van der Waals surface area contributed by atoms with Gasteiger partial charge in [-0.2, -0.15) is 0 Å². The van der Waals surface area contributed by atoms with Crippen LogP contribution in [0.3, 0.4) is 0 Å². The molecule has 4 nitrogen and oxygen atoms in total. The third kappa shape index (κ3) is 4.49. The number of carbonyl (C=O) groups is 1. The van der Waals surface area contributed by atoms with Gasteiger partial charge in [0.25, 0.3) is 0 Å². The first-order valence-corrected chi connectivity index (χ1v) is 6.97. The molecule has 0 bridgehead atoms. The smallest absolute Gasteiger partial charge is 0.246 e. The van der Waals surface area contributed by atoms with Crippen LogP contribution in [0.5, 0.6) is 0 Å². The highest BCUT2D eigenvalue weighted by molar-refractivity contribution is 7.16. The number of aryl methyl sites for hydroxylation is 1. The Balaban J connectivity index is 2.64. The third-order valence-electron chi connectivity index (χ3n) is 2.46. The number of unbranched alkanes of at least 4 members (excludes halogenated alkanes) is 1. The summed E-state index contributed by atoms with van der Waals surface area (Å²) in [6, 6.07) is 0. The maximum atomic E-state index is 11.5. The first-order chi connectivity index (χ1) is 8.54. The molecule has 0 saturated heterocycles. The monoisotopic (exact) mass is 267 g/mol. The predicted molar refractivity (Wildman–Crippen MR) is 78.0 cm³/mol. The van der Waals surface area contributed by atoms with Crippen LogP contribution < -0.4 is 5.32 Å². The van der Waals surface area contributed by atoms with Gasteiger partial charge in [-0.05, 0) is 19.4 Å². The maximum absolute atomic E-state index is 11.5. The van der Waals surface area contributed by atoms with Crippen molar-refractivity contribution in [2.75, 3.05) is 26.0 Å². The van der Waals surface area contributed by atoms with E-state index in [1.807, 2.05) is 13.0 Å². The lowest BCUT2D eigenvalue weighted by Gasteiger charge is -2.04. The normalized spacial score (nSPS) is 10.9. The van der Waals surface area contributed by atoms with E-state index in [1.165, 1.54) is 6.42 Å². The highest BCUT2D eigenvalue weighted by atomic mass is 32.1. The fourth-order valence-corrected chi connectivity index (χ4v) is 2.20. The van der Waals surface area contributed by atoms with Crippen molar-refractivity contribution in [2.24, 2.45) is 0 Å². The van der Waals surface area contributed by atoms with Crippen molar-refractivity contribution in [2.45, 2.75) is 26.7 Å². The SMILES string of the molecule is CCCCNc1nc(C)c(C=CC(=O)N(C)C)s1. The van der Waals surface area contributed by atoms with Gasteiger partial charge >= 0.3 is 0 Å². The number of aromatic nitrogens is 1. The van der Waals surface area contributed by atoms with Crippen LogP contribution in [0.25, 0.3) is 6.08 Å². The molecule has 0 unspecified atom stereocenters. The van der Waals surface area contributed by atoms with E-state index in [0.717, 1.165) is 28.7 Å². The van der Waals surface area contributed by atoms with E-state index in [9.17, 15) is 4.79 Å². The second-order valence-corrected chi connectivity index (χ2v) is 5.35. The van der Waals surface area contributed by atoms with Crippen LogP contribution in [-0.2, 0) is 4.79 Å². The lowest BCUT2D eigenvalue weighted by molar-refractivity contribution is -0.123. The van der Waals surface area contributed by atoms with Gasteiger partial charge in [0.05, 0.1) is 10.6 Å². The van der Waals surface area contributed by atoms with Crippen molar-refractivity contribution in [3.8, 4) is 0 Å². The molecule has 18 heavy (non-hydrogen) atoms. The summed E-state index contributed by atoms with van der Waals surface area (Å²) in [4.78, 5) is 18.5. The van der Waals surface area contributed by atoms with Crippen molar-refractivity contribution in [3.05, 3.63) is 16.6 Å². The zero-order valence-electron chi connectivity index (χ0n) is 11.5. The summed E-state index contributed by atoms with van der Waals surface area (Å²) in [5, 5.41) is 4.22. The lowest BCUT2D eigenvalue weighted by atomic mass is 10.3. The van der Waals surface area contributed by atoms with Crippen LogP contribution >= 0.6 is 11.3 Å². The number of nitrogens with zero attached hydrogens (tertiary/aromatic N) is 2. The molecule has 1 aromatic heterocycles. The highest BCUT2D eigenvalue weighted by Gasteiger charge is 2.05. The van der Waals surface area contributed by atoms with Crippen molar-refractivity contribution in [1.82, 2.24) is 9.88 Å². The number of rotatable bonds is 6. The average molecular weight is 267 g/mol. The molecule has 1 aromatic rings. The Morgan fingerprint density at radius 1 is 1.50 bits per heavy atom.